The summed E-state index contributed by atoms with van der Waals surface area (Å²) in [5.74, 6) is -0.777. The van der Waals surface area contributed by atoms with Crippen molar-refractivity contribution < 1.29 is 23.1 Å². The molecule has 1 N–H and O–H groups in total. The Balaban J connectivity index is 1.93. The number of nitrogens with zero attached hydrogens (tertiary/aromatic N) is 1. The van der Waals surface area contributed by atoms with Gasteiger partial charge < -0.3 is 15.0 Å². The fraction of sp³-hybridized carbons (Fsp3) is 0.100. The molecule has 138 valence electrons. The lowest BCUT2D eigenvalue weighted by Gasteiger charge is -2.16. The molecule has 1 aliphatic heterocycles. The highest BCUT2D eigenvalue weighted by Gasteiger charge is 2.29. The Morgan fingerprint density at radius 3 is 2.44 bits per heavy atom. The van der Waals surface area contributed by atoms with Crippen molar-refractivity contribution in [2.75, 3.05) is 18.6 Å². The maximum Gasteiger partial charge on any atom is 0.260 e. The lowest BCUT2D eigenvalue weighted by atomic mass is 10.1. The molecule has 2 aromatic rings. The van der Waals surface area contributed by atoms with Gasteiger partial charge in [0.15, 0.2) is 0 Å². The summed E-state index contributed by atoms with van der Waals surface area (Å²) in [6.45, 7) is 0.128. The van der Waals surface area contributed by atoms with Crippen LogP contribution in [-0.2, 0) is 9.59 Å². The number of amides is 2. The molecule has 0 aliphatic carbocycles. The van der Waals surface area contributed by atoms with Crippen LogP contribution in [0.2, 0.25) is 0 Å². The van der Waals surface area contributed by atoms with Gasteiger partial charge >= 0.3 is 0 Å². The Hall–Kier alpha value is -3.48. The molecule has 0 aromatic heterocycles. The van der Waals surface area contributed by atoms with Crippen molar-refractivity contribution in [3.63, 3.8) is 0 Å². The predicted molar refractivity (Wildman–Crippen MR) is 97.0 cm³/mol. The molecule has 1 aliphatic rings. The first kappa shape index (κ1) is 18.3. The van der Waals surface area contributed by atoms with Gasteiger partial charge in [-0.15, -0.1) is 0 Å². The van der Waals surface area contributed by atoms with Gasteiger partial charge in [-0.25, -0.2) is 8.78 Å². The summed E-state index contributed by atoms with van der Waals surface area (Å²) in [5.41, 5.74) is 1.59. The average Bonchev–Trinajstić information content (AvgIpc) is 2.97. The number of rotatable bonds is 6. The molecule has 0 saturated heterocycles. The van der Waals surface area contributed by atoms with E-state index in [0.717, 1.165) is 0 Å². The topological polar surface area (TPSA) is 58.6 Å². The Labute approximate surface area is 154 Å². The highest BCUT2D eigenvalue weighted by atomic mass is 19.1. The van der Waals surface area contributed by atoms with Crippen molar-refractivity contribution in [1.29, 1.82) is 0 Å². The second-order valence-electron chi connectivity index (χ2n) is 5.74. The summed E-state index contributed by atoms with van der Waals surface area (Å²) in [5, 5.41) is 2.52. The second kappa shape index (κ2) is 7.82. The smallest absolute Gasteiger partial charge is 0.260 e. The van der Waals surface area contributed by atoms with Crippen LogP contribution in [0.3, 0.4) is 0 Å². The third-order valence-electron chi connectivity index (χ3n) is 4.11. The molecular formula is C20H16F2N2O3. The van der Waals surface area contributed by atoms with Crippen LogP contribution < -0.4 is 15.0 Å². The van der Waals surface area contributed by atoms with E-state index >= 15 is 0 Å². The lowest BCUT2D eigenvalue weighted by Crippen LogP contribution is -2.27. The zero-order valence-corrected chi connectivity index (χ0v) is 14.4. The molecular weight excluding hydrogens is 354 g/mol. The van der Waals surface area contributed by atoms with Crippen LogP contribution in [0.4, 0.5) is 14.5 Å². The SMILES string of the molecule is COc1ccc(F)cc1/C=C\C1=C(NC=O)CN(c2ccc(F)cc2)C1=O. The largest absolute Gasteiger partial charge is 0.496 e. The molecule has 3 rings (SSSR count). The minimum Gasteiger partial charge on any atom is -0.496 e. The summed E-state index contributed by atoms with van der Waals surface area (Å²) in [6, 6.07) is 9.49. The molecule has 27 heavy (non-hydrogen) atoms. The maximum absolute atomic E-state index is 13.5. The monoisotopic (exact) mass is 370 g/mol. The number of ether oxygens (including phenoxy) is 1. The molecule has 5 nitrogen and oxygen atoms in total. The molecule has 0 bridgehead atoms. The van der Waals surface area contributed by atoms with Crippen molar-refractivity contribution in [2.45, 2.75) is 0 Å². The quantitative estimate of drug-likeness (QED) is 0.796. The molecule has 7 heteroatoms. The van der Waals surface area contributed by atoms with Crippen molar-refractivity contribution in [3.8, 4) is 5.75 Å². The van der Waals surface area contributed by atoms with Crippen LogP contribution in [0, 0.1) is 11.6 Å². The summed E-state index contributed by atoms with van der Waals surface area (Å²) in [7, 11) is 1.46. The first-order chi connectivity index (χ1) is 13.0. The standard InChI is InChI=1S/C20H16F2N2O3/c1-27-19-9-5-15(22)10-13(19)2-8-17-18(23-12-25)11-24(20(17)26)16-6-3-14(21)4-7-16/h2-10,12H,11H2,1H3,(H,23,25)/b8-2-. The van der Waals surface area contributed by atoms with E-state index in [9.17, 15) is 18.4 Å². The minimum absolute atomic E-state index is 0.128. The van der Waals surface area contributed by atoms with Gasteiger partial charge in [-0.2, -0.15) is 0 Å². The number of carbonyl (C=O) groups is 2. The molecule has 0 unspecified atom stereocenters. The maximum atomic E-state index is 13.5. The zero-order valence-electron chi connectivity index (χ0n) is 14.4. The van der Waals surface area contributed by atoms with Crippen LogP contribution in [0.1, 0.15) is 5.56 Å². The fourth-order valence-corrected chi connectivity index (χ4v) is 2.79. The number of carbonyl (C=O) groups excluding carboxylic acids is 2. The van der Waals surface area contributed by atoms with Crippen LogP contribution in [0.15, 0.2) is 59.8 Å². The number of halogens is 2. The van der Waals surface area contributed by atoms with Gasteiger partial charge in [0.05, 0.1) is 24.9 Å². The van der Waals surface area contributed by atoms with Crippen molar-refractivity contribution in [2.24, 2.45) is 0 Å². The molecule has 0 atom stereocenters. The predicted octanol–water partition coefficient (Wildman–Crippen LogP) is 3.03. The minimum atomic E-state index is -0.443. The summed E-state index contributed by atoms with van der Waals surface area (Å²) in [6.07, 6.45) is 3.51. The Morgan fingerprint density at radius 1 is 1.07 bits per heavy atom. The highest BCUT2D eigenvalue weighted by molar-refractivity contribution is 6.11. The molecule has 0 fully saturated rings. The third-order valence-corrected chi connectivity index (χ3v) is 4.11. The van der Waals surface area contributed by atoms with E-state index in [-0.39, 0.29) is 18.0 Å². The van der Waals surface area contributed by atoms with Crippen molar-refractivity contribution in [1.82, 2.24) is 5.32 Å². The van der Waals surface area contributed by atoms with Crippen LogP contribution >= 0.6 is 0 Å². The van der Waals surface area contributed by atoms with E-state index in [1.54, 1.807) is 0 Å². The molecule has 0 spiro atoms. The van der Waals surface area contributed by atoms with E-state index in [0.29, 0.717) is 29.1 Å². The fourth-order valence-electron chi connectivity index (χ4n) is 2.79. The first-order valence-electron chi connectivity index (χ1n) is 8.06. The van der Waals surface area contributed by atoms with E-state index in [2.05, 4.69) is 5.32 Å². The van der Waals surface area contributed by atoms with E-state index in [1.165, 1.54) is 66.6 Å². The van der Waals surface area contributed by atoms with Gasteiger partial charge in [-0.05, 0) is 48.5 Å². The summed E-state index contributed by atoms with van der Waals surface area (Å²) < 4.78 is 31.8. The molecule has 2 aromatic carbocycles. The van der Waals surface area contributed by atoms with Gasteiger partial charge in [-0.3, -0.25) is 9.59 Å². The number of hydrogen-bond donors (Lipinski definition) is 1. The van der Waals surface area contributed by atoms with Crippen molar-refractivity contribution >= 4 is 24.1 Å². The van der Waals surface area contributed by atoms with Crippen LogP contribution in [0.25, 0.3) is 6.08 Å². The Bertz CT molecular complexity index is 937. The van der Waals surface area contributed by atoms with Crippen LogP contribution in [0.5, 0.6) is 5.75 Å². The van der Waals surface area contributed by atoms with Crippen molar-refractivity contribution in [3.05, 3.63) is 77.0 Å². The van der Waals surface area contributed by atoms with Gasteiger partial charge in [-0.1, -0.05) is 6.08 Å². The number of methoxy groups -OCH3 is 1. The zero-order chi connectivity index (χ0) is 19.4. The molecule has 0 radical (unpaired) electrons. The summed E-state index contributed by atoms with van der Waals surface area (Å²) in [4.78, 5) is 25.1. The number of anilines is 1. The van der Waals surface area contributed by atoms with Crippen LogP contribution in [-0.4, -0.2) is 26.0 Å². The average molecular weight is 370 g/mol. The Morgan fingerprint density at radius 2 is 1.78 bits per heavy atom. The Kier molecular flexibility index (Phi) is 5.30. The van der Waals surface area contributed by atoms with E-state index < -0.39 is 11.6 Å². The molecule has 2 amide bonds. The normalized spacial score (nSPS) is 14.2. The molecule has 1 heterocycles. The lowest BCUT2D eigenvalue weighted by molar-refractivity contribution is -0.114. The molecule has 0 saturated carbocycles. The summed E-state index contributed by atoms with van der Waals surface area (Å²) >= 11 is 0. The van der Waals surface area contributed by atoms with Gasteiger partial charge in [0.2, 0.25) is 6.41 Å². The first-order valence-corrected chi connectivity index (χ1v) is 8.06. The second-order valence-corrected chi connectivity index (χ2v) is 5.74. The van der Waals surface area contributed by atoms with Gasteiger partial charge in [0, 0.05) is 11.3 Å². The highest BCUT2D eigenvalue weighted by Crippen LogP contribution is 2.27. The number of benzene rings is 2. The van der Waals surface area contributed by atoms with E-state index in [4.69, 9.17) is 4.74 Å². The number of hydrogen-bond acceptors (Lipinski definition) is 3. The van der Waals surface area contributed by atoms with Gasteiger partial charge in [0.1, 0.15) is 17.4 Å². The van der Waals surface area contributed by atoms with Gasteiger partial charge in [0.25, 0.3) is 5.91 Å². The third kappa shape index (κ3) is 3.87. The van der Waals surface area contributed by atoms with E-state index in [1.807, 2.05) is 0 Å². The number of nitrogens with one attached hydrogen (secondary N) is 1.